The van der Waals surface area contributed by atoms with Crippen molar-refractivity contribution < 1.29 is 14.3 Å². The van der Waals surface area contributed by atoms with Crippen LogP contribution in [0.5, 0.6) is 0 Å². The molecular weight excluding hydrogens is 132 g/mol. The molecule has 0 fully saturated rings. The summed E-state index contributed by atoms with van der Waals surface area (Å²) >= 11 is 0. The molecule has 0 bridgehead atoms. The zero-order valence-electron chi connectivity index (χ0n) is 5.50. The zero-order chi connectivity index (χ0) is 7.98. The van der Waals surface area contributed by atoms with Crippen molar-refractivity contribution in [2.45, 2.75) is 6.42 Å². The van der Waals surface area contributed by atoms with E-state index in [1.54, 1.807) is 0 Å². The van der Waals surface area contributed by atoms with Crippen molar-refractivity contribution in [1.29, 1.82) is 0 Å². The van der Waals surface area contributed by atoms with Gasteiger partial charge < -0.3 is 4.74 Å². The largest absolute Gasteiger partial charge is 0.390 e. The normalized spacial score (nSPS) is 8.00. The summed E-state index contributed by atoms with van der Waals surface area (Å²) < 4.78 is 4.17. The summed E-state index contributed by atoms with van der Waals surface area (Å²) in [5, 5.41) is 0. The second-order valence-electron chi connectivity index (χ2n) is 1.49. The smallest absolute Gasteiger partial charge is 0.337 e. The minimum Gasteiger partial charge on any atom is -0.390 e. The fraction of sp³-hybridized carbons (Fsp3) is 0.143. The Kier molecular flexibility index (Phi) is 3.87. The van der Waals surface area contributed by atoms with E-state index in [9.17, 15) is 9.59 Å². The molecule has 0 radical (unpaired) electrons. The Morgan fingerprint density at radius 2 is 2.00 bits per heavy atom. The topological polar surface area (TPSA) is 43.4 Å². The fourth-order valence-corrected chi connectivity index (χ4v) is 0.313. The van der Waals surface area contributed by atoms with Gasteiger partial charge in [0.25, 0.3) is 0 Å². The van der Waals surface area contributed by atoms with Gasteiger partial charge in [-0.05, 0) is 0 Å². The standard InChI is InChI=1S/C7H8O3/c1-3-5-7(9)10-6(8)4-2/h3-4H,1-2,5H2. The molecule has 0 spiro atoms. The van der Waals surface area contributed by atoms with Gasteiger partial charge >= 0.3 is 11.9 Å². The highest BCUT2D eigenvalue weighted by molar-refractivity contribution is 5.91. The summed E-state index contributed by atoms with van der Waals surface area (Å²) in [6, 6.07) is 0. The maximum atomic E-state index is 10.5. The molecule has 0 saturated heterocycles. The SMILES string of the molecule is C=CCC(=O)OC(=O)C=C. The van der Waals surface area contributed by atoms with Crippen LogP contribution in [0, 0.1) is 0 Å². The molecule has 0 saturated carbocycles. The average molecular weight is 140 g/mol. The molecule has 10 heavy (non-hydrogen) atoms. The van der Waals surface area contributed by atoms with Crippen molar-refractivity contribution in [3.8, 4) is 0 Å². The van der Waals surface area contributed by atoms with E-state index in [4.69, 9.17) is 0 Å². The molecule has 54 valence electrons. The van der Waals surface area contributed by atoms with Crippen LogP contribution in [0.3, 0.4) is 0 Å². The second-order valence-corrected chi connectivity index (χ2v) is 1.49. The first kappa shape index (κ1) is 8.62. The van der Waals surface area contributed by atoms with Crippen molar-refractivity contribution >= 4 is 11.9 Å². The lowest BCUT2D eigenvalue weighted by Crippen LogP contribution is -2.07. The molecule has 3 nitrogen and oxygen atoms in total. The third kappa shape index (κ3) is 3.60. The van der Waals surface area contributed by atoms with Gasteiger partial charge in [0, 0.05) is 6.08 Å². The van der Waals surface area contributed by atoms with Crippen LogP contribution in [0.25, 0.3) is 0 Å². The predicted octanol–water partition coefficient (Wildman–Crippen LogP) is 0.818. The Balaban J connectivity index is 3.67. The van der Waals surface area contributed by atoms with Gasteiger partial charge in [0.05, 0.1) is 6.42 Å². The predicted molar refractivity (Wildman–Crippen MR) is 36.1 cm³/mol. The molecule has 0 heterocycles. The number of carbonyl (C=O) groups is 2. The second kappa shape index (κ2) is 4.49. The van der Waals surface area contributed by atoms with E-state index in [-0.39, 0.29) is 6.42 Å². The number of esters is 2. The molecule has 3 heteroatoms. The molecule has 0 aromatic rings. The van der Waals surface area contributed by atoms with E-state index in [1.807, 2.05) is 0 Å². The van der Waals surface area contributed by atoms with Crippen LogP contribution < -0.4 is 0 Å². The molecule has 0 unspecified atom stereocenters. The number of rotatable bonds is 3. The average Bonchev–Trinajstić information content (AvgIpc) is 1.88. The molecule has 0 atom stereocenters. The summed E-state index contributed by atoms with van der Waals surface area (Å²) in [5.74, 6) is -1.34. The molecule has 0 aliphatic rings. The first-order chi connectivity index (χ1) is 4.70. The Hall–Kier alpha value is -1.38. The van der Waals surface area contributed by atoms with Crippen LogP contribution in [0.1, 0.15) is 6.42 Å². The van der Waals surface area contributed by atoms with Crippen LogP contribution in [0.15, 0.2) is 25.3 Å². The van der Waals surface area contributed by atoms with Crippen molar-refractivity contribution in [2.75, 3.05) is 0 Å². The highest BCUT2D eigenvalue weighted by Gasteiger charge is 2.02. The third-order valence-electron chi connectivity index (χ3n) is 0.692. The number of hydrogen-bond donors (Lipinski definition) is 0. The van der Waals surface area contributed by atoms with Crippen LogP contribution in [-0.4, -0.2) is 11.9 Å². The third-order valence-corrected chi connectivity index (χ3v) is 0.692. The minimum absolute atomic E-state index is 0.0413. The lowest BCUT2D eigenvalue weighted by molar-refractivity contribution is -0.155. The molecule has 0 aromatic carbocycles. The lowest BCUT2D eigenvalue weighted by Gasteiger charge is -1.93. The number of ether oxygens (including phenoxy) is 1. The lowest BCUT2D eigenvalue weighted by atomic mass is 10.4. The van der Waals surface area contributed by atoms with Crippen molar-refractivity contribution in [2.24, 2.45) is 0 Å². The molecule has 0 aliphatic heterocycles. The molecule has 0 aromatic heterocycles. The van der Waals surface area contributed by atoms with E-state index in [0.717, 1.165) is 6.08 Å². The molecule has 0 N–H and O–H groups in total. The van der Waals surface area contributed by atoms with E-state index < -0.39 is 11.9 Å². The summed E-state index contributed by atoms with van der Waals surface area (Å²) in [5.41, 5.74) is 0. The highest BCUT2D eigenvalue weighted by Crippen LogP contribution is 1.87. The monoisotopic (exact) mass is 140 g/mol. The van der Waals surface area contributed by atoms with Gasteiger partial charge in [-0.25, -0.2) is 4.79 Å². The van der Waals surface area contributed by atoms with Crippen molar-refractivity contribution in [3.63, 3.8) is 0 Å². The van der Waals surface area contributed by atoms with E-state index in [0.29, 0.717) is 0 Å². The van der Waals surface area contributed by atoms with Crippen molar-refractivity contribution in [1.82, 2.24) is 0 Å². The van der Waals surface area contributed by atoms with E-state index in [1.165, 1.54) is 6.08 Å². The van der Waals surface area contributed by atoms with Gasteiger partial charge in [-0.2, -0.15) is 0 Å². The van der Waals surface area contributed by atoms with Gasteiger partial charge in [-0.3, -0.25) is 4.79 Å². The maximum absolute atomic E-state index is 10.5. The van der Waals surface area contributed by atoms with Crippen molar-refractivity contribution in [3.05, 3.63) is 25.3 Å². The first-order valence-corrected chi connectivity index (χ1v) is 2.68. The summed E-state index contributed by atoms with van der Waals surface area (Å²) in [4.78, 5) is 20.8. The quantitative estimate of drug-likeness (QED) is 0.252. The van der Waals surface area contributed by atoms with E-state index in [2.05, 4.69) is 17.9 Å². The molecular formula is C7H8O3. The zero-order valence-corrected chi connectivity index (χ0v) is 5.50. The fourth-order valence-electron chi connectivity index (χ4n) is 0.313. The van der Waals surface area contributed by atoms with E-state index >= 15 is 0 Å². The maximum Gasteiger partial charge on any atom is 0.337 e. The Bertz CT molecular complexity index is 170. The number of carbonyl (C=O) groups excluding carboxylic acids is 2. The number of hydrogen-bond acceptors (Lipinski definition) is 3. The summed E-state index contributed by atoms with van der Waals surface area (Å²) in [7, 11) is 0. The van der Waals surface area contributed by atoms with Gasteiger partial charge in [0.2, 0.25) is 0 Å². The van der Waals surface area contributed by atoms with Gasteiger partial charge in [-0.1, -0.05) is 12.7 Å². The summed E-state index contributed by atoms with van der Waals surface area (Å²) in [6.07, 6.45) is 2.33. The Morgan fingerprint density at radius 3 is 2.40 bits per heavy atom. The van der Waals surface area contributed by atoms with Gasteiger partial charge in [0.1, 0.15) is 0 Å². The molecule has 0 amide bonds. The van der Waals surface area contributed by atoms with Gasteiger partial charge in [0.15, 0.2) is 0 Å². The minimum atomic E-state index is -0.730. The van der Waals surface area contributed by atoms with Crippen LogP contribution in [0.2, 0.25) is 0 Å². The van der Waals surface area contributed by atoms with Crippen LogP contribution >= 0.6 is 0 Å². The summed E-state index contributed by atoms with van der Waals surface area (Å²) in [6.45, 7) is 6.42. The first-order valence-electron chi connectivity index (χ1n) is 2.68. The highest BCUT2D eigenvalue weighted by atomic mass is 16.6. The molecule has 0 aliphatic carbocycles. The van der Waals surface area contributed by atoms with Crippen LogP contribution in [0.4, 0.5) is 0 Å². The molecule has 0 rings (SSSR count). The Morgan fingerprint density at radius 1 is 1.40 bits per heavy atom. The van der Waals surface area contributed by atoms with Crippen LogP contribution in [-0.2, 0) is 14.3 Å². The van der Waals surface area contributed by atoms with Gasteiger partial charge in [-0.15, -0.1) is 6.58 Å². The Labute approximate surface area is 59.0 Å².